The maximum Gasteiger partial charge on any atom is 0.346 e. The van der Waals surface area contributed by atoms with Crippen LogP contribution >= 0.6 is 0 Å². The first-order valence-electron chi connectivity index (χ1n) is 4.68. The van der Waals surface area contributed by atoms with Gasteiger partial charge in [0.1, 0.15) is 5.82 Å². The molecule has 0 saturated heterocycles. The van der Waals surface area contributed by atoms with Gasteiger partial charge in [0.2, 0.25) is 5.89 Å². The molecule has 1 heterocycles. The first-order valence-corrected chi connectivity index (χ1v) is 4.68. The van der Waals surface area contributed by atoms with Gasteiger partial charge in [0.05, 0.1) is 10.9 Å². The van der Waals surface area contributed by atoms with Crippen molar-refractivity contribution in [3.8, 4) is 0 Å². The average Bonchev–Trinajstić information content (AvgIpc) is 2.16. The van der Waals surface area contributed by atoms with E-state index in [1.807, 2.05) is 13.8 Å². The fourth-order valence-corrected chi connectivity index (χ4v) is 1.31. The van der Waals surface area contributed by atoms with Gasteiger partial charge in [-0.3, -0.25) is 0 Å². The molecule has 1 aromatic heterocycles. The van der Waals surface area contributed by atoms with Gasteiger partial charge < -0.3 is 4.42 Å². The summed E-state index contributed by atoms with van der Waals surface area (Å²) in [6.45, 7) is 3.72. The zero-order valence-corrected chi connectivity index (χ0v) is 8.45. The minimum Gasteiger partial charge on any atom is -0.408 e. The number of hydrogen-bond donors (Lipinski definition) is 0. The minimum atomic E-state index is -0.469. The highest BCUT2D eigenvalue weighted by molar-refractivity contribution is 5.76. The number of fused-ring (bicyclic) bond motifs is 1. The van der Waals surface area contributed by atoms with Crippen LogP contribution < -0.4 is 5.63 Å². The maximum absolute atomic E-state index is 12.9. The quantitative estimate of drug-likeness (QED) is 0.721. The third kappa shape index (κ3) is 1.75. The highest BCUT2D eigenvalue weighted by Gasteiger charge is 2.09. The molecule has 0 atom stereocenters. The Bertz CT molecular complexity index is 560. The summed E-state index contributed by atoms with van der Waals surface area (Å²) in [5.74, 6) is -0.0706. The molecule has 2 rings (SSSR count). The minimum absolute atomic E-state index is 0.00497. The van der Waals surface area contributed by atoms with Crippen molar-refractivity contribution in [1.29, 1.82) is 0 Å². The van der Waals surface area contributed by atoms with E-state index in [1.165, 1.54) is 18.2 Å². The molecule has 0 aliphatic heterocycles. The Morgan fingerprint density at radius 3 is 2.80 bits per heavy atom. The van der Waals surface area contributed by atoms with E-state index in [1.54, 1.807) is 0 Å². The van der Waals surface area contributed by atoms with Gasteiger partial charge in [0.25, 0.3) is 0 Å². The van der Waals surface area contributed by atoms with Crippen LogP contribution in [0.15, 0.2) is 27.4 Å². The number of benzene rings is 1. The molecule has 0 radical (unpaired) electrons. The SMILES string of the molecule is CC(C)c1nc2cc(F)ccc2c(=O)o1. The predicted molar refractivity (Wildman–Crippen MR) is 54.3 cm³/mol. The Morgan fingerprint density at radius 1 is 1.40 bits per heavy atom. The van der Waals surface area contributed by atoms with Gasteiger partial charge in [-0.25, -0.2) is 14.2 Å². The molecule has 0 spiro atoms. The second kappa shape index (κ2) is 3.46. The van der Waals surface area contributed by atoms with Crippen molar-refractivity contribution in [2.24, 2.45) is 0 Å². The lowest BCUT2D eigenvalue weighted by Gasteiger charge is -2.03. The van der Waals surface area contributed by atoms with Gasteiger partial charge >= 0.3 is 5.63 Å². The Hall–Kier alpha value is -1.71. The van der Waals surface area contributed by atoms with E-state index in [2.05, 4.69) is 4.98 Å². The number of nitrogens with zero attached hydrogens (tertiary/aromatic N) is 1. The summed E-state index contributed by atoms with van der Waals surface area (Å²) in [6, 6.07) is 3.84. The molecule has 3 nitrogen and oxygen atoms in total. The van der Waals surface area contributed by atoms with Crippen LogP contribution in [0.25, 0.3) is 10.9 Å². The molecule has 15 heavy (non-hydrogen) atoms. The van der Waals surface area contributed by atoms with Crippen LogP contribution in [0.5, 0.6) is 0 Å². The van der Waals surface area contributed by atoms with Crippen LogP contribution in [-0.2, 0) is 0 Å². The Balaban J connectivity index is 2.80. The van der Waals surface area contributed by atoms with Crippen molar-refractivity contribution < 1.29 is 8.81 Å². The lowest BCUT2D eigenvalue weighted by molar-refractivity contribution is 0.424. The van der Waals surface area contributed by atoms with E-state index in [0.717, 1.165) is 0 Å². The van der Waals surface area contributed by atoms with E-state index in [9.17, 15) is 9.18 Å². The van der Waals surface area contributed by atoms with Gasteiger partial charge in [-0.15, -0.1) is 0 Å². The lowest BCUT2D eigenvalue weighted by atomic mass is 10.2. The summed E-state index contributed by atoms with van der Waals surface area (Å²) >= 11 is 0. The van der Waals surface area contributed by atoms with E-state index >= 15 is 0 Å². The van der Waals surface area contributed by atoms with Crippen LogP contribution in [0.4, 0.5) is 4.39 Å². The molecule has 78 valence electrons. The molecule has 0 aliphatic rings. The fraction of sp³-hybridized carbons (Fsp3) is 0.273. The summed E-state index contributed by atoms with van der Waals surface area (Å²) < 4.78 is 17.9. The van der Waals surface area contributed by atoms with Crippen molar-refractivity contribution in [3.05, 3.63) is 40.3 Å². The number of rotatable bonds is 1. The van der Waals surface area contributed by atoms with Gasteiger partial charge in [0.15, 0.2) is 0 Å². The predicted octanol–water partition coefficient (Wildman–Crippen LogP) is 2.45. The normalized spacial score (nSPS) is 11.2. The zero-order valence-electron chi connectivity index (χ0n) is 8.45. The summed E-state index contributed by atoms with van der Waals surface area (Å²) in [4.78, 5) is 15.6. The summed E-state index contributed by atoms with van der Waals surface area (Å²) in [6.07, 6.45) is 0. The van der Waals surface area contributed by atoms with Crippen LogP contribution in [0.1, 0.15) is 25.7 Å². The second-order valence-electron chi connectivity index (χ2n) is 3.66. The monoisotopic (exact) mass is 207 g/mol. The van der Waals surface area contributed by atoms with Crippen LogP contribution in [-0.4, -0.2) is 4.98 Å². The smallest absolute Gasteiger partial charge is 0.346 e. The maximum atomic E-state index is 12.9. The van der Waals surface area contributed by atoms with Crippen LogP contribution in [0.2, 0.25) is 0 Å². The van der Waals surface area contributed by atoms with E-state index in [0.29, 0.717) is 16.8 Å². The zero-order chi connectivity index (χ0) is 11.0. The van der Waals surface area contributed by atoms with Gasteiger partial charge in [0, 0.05) is 12.0 Å². The summed E-state index contributed by atoms with van der Waals surface area (Å²) in [5, 5.41) is 0.306. The van der Waals surface area contributed by atoms with Gasteiger partial charge in [-0.05, 0) is 12.1 Å². The molecule has 2 aromatic rings. The number of halogens is 1. The highest BCUT2D eigenvalue weighted by Crippen LogP contribution is 2.14. The number of aromatic nitrogens is 1. The molecule has 0 unspecified atom stereocenters. The number of hydrogen-bond acceptors (Lipinski definition) is 3. The molecule has 4 heteroatoms. The molecule has 0 saturated carbocycles. The summed E-state index contributed by atoms with van der Waals surface area (Å²) in [5.41, 5.74) is -0.126. The third-order valence-electron chi connectivity index (χ3n) is 2.10. The fourth-order valence-electron chi connectivity index (χ4n) is 1.31. The first-order chi connectivity index (χ1) is 7.08. The van der Waals surface area contributed by atoms with Crippen LogP contribution in [0.3, 0.4) is 0 Å². The van der Waals surface area contributed by atoms with Crippen molar-refractivity contribution >= 4 is 10.9 Å². The molecule has 0 fully saturated rings. The molecule has 1 aromatic carbocycles. The standard InChI is InChI=1S/C11H10FNO2/c1-6(2)10-13-9-5-7(12)3-4-8(9)11(14)15-10/h3-6H,1-2H3. The highest BCUT2D eigenvalue weighted by atomic mass is 19.1. The molecular weight excluding hydrogens is 197 g/mol. The largest absolute Gasteiger partial charge is 0.408 e. The van der Waals surface area contributed by atoms with E-state index in [-0.39, 0.29) is 5.92 Å². The Labute approximate surface area is 85.6 Å². The van der Waals surface area contributed by atoms with Gasteiger partial charge in [-0.1, -0.05) is 13.8 Å². The van der Waals surface area contributed by atoms with Gasteiger partial charge in [-0.2, -0.15) is 0 Å². The lowest BCUT2D eigenvalue weighted by Crippen LogP contribution is -2.06. The summed E-state index contributed by atoms with van der Waals surface area (Å²) in [7, 11) is 0. The second-order valence-corrected chi connectivity index (χ2v) is 3.66. The Kier molecular flexibility index (Phi) is 2.26. The molecule has 0 bridgehead atoms. The van der Waals surface area contributed by atoms with Crippen LogP contribution in [0, 0.1) is 5.82 Å². The Morgan fingerprint density at radius 2 is 2.13 bits per heavy atom. The van der Waals surface area contributed by atoms with Crippen molar-refractivity contribution in [2.45, 2.75) is 19.8 Å². The molecule has 0 N–H and O–H groups in total. The van der Waals surface area contributed by atoms with Crippen molar-refractivity contribution in [2.75, 3.05) is 0 Å². The third-order valence-corrected chi connectivity index (χ3v) is 2.10. The topological polar surface area (TPSA) is 43.1 Å². The average molecular weight is 207 g/mol. The first kappa shape index (κ1) is 9.83. The molecule has 0 amide bonds. The molecular formula is C11H10FNO2. The van der Waals surface area contributed by atoms with Crippen molar-refractivity contribution in [3.63, 3.8) is 0 Å². The van der Waals surface area contributed by atoms with E-state index in [4.69, 9.17) is 4.42 Å². The molecule has 0 aliphatic carbocycles. The van der Waals surface area contributed by atoms with E-state index < -0.39 is 11.4 Å². The van der Waals surface area contributed by atoms with Crippen molar-refractivity contribution in [1.82, 2.24) is 4.98 Å².